The van der Waals surface area contributed by atoms with Crippen LogP contribution in [0.3, 0.4) is 0 Å². The molecule has 2 aromatic carbocycles. The van der Waals surface area contributed by atoms with Gasteiger partial charge in [-0.3, -0.25) is 4.79 Å². The summed E-state index contributed by atoms with van der Waals surface area (Å²) in [4.78, 5) is 19.8. The number of anilines is 4. The second-order valence-corrected chi connectivity index (χ2v) is 11.7. The van der Waals surface area contributed by atoms with Crippen molar-refractivity contribution in [3.8, 4) is 5.69 Å². The molecule has 1 saturated heterocycles. The highest BCUT2D eigenvalue weighted by Gasteiger charge is 2.46. The van der Waals surface area contributed by atoms with Crippen LogP contribution in [-0.4, -0.2) is 59.3 Å². The van der Waals surface area contributed by atoms with Crippen molar-refractivity contribution < 1.29 is 14.3 Å². The van der Waals surface area contributed by atoms with Gasteiger partial charge in [-0.25, -0.2) is 4.98 Å². The average molecular weight is 596 g/mol. The lowest BCUT2D eigenvalue weighted by Crippen LogP contribution is -2.47. The minimum absolute atomic E-state index is 0.181. The van der Waals surface area contributed by atoms with Crippen molar-refractivity contribution in [1.82, 2.24) is 30.2 Å². The monoisotopic (exact) mass is 595 g/mol. The van der Waals surface area contributed by atoms with Crippen LogP contribution in [0.5, 0.6) is 0 Å². The van der Waals surface area contributed by atoms with Gasteiger partial charge in [-0.05, 0) is 79.5 Å². The van der Waals surface area contributed by atoms with Crippen LogP contribution in [0.4, 0.5) is 23.2 Å². The molecule has 43 heavy (non-hydrogen) atoms. The fourth-order valence-corrected chi connectivity index (χ4v) is 6.36. The number of rotatable bonds is 8. The molecule has 218 valence electrons. The minimum Gasteiger partial charge on any atom is -0.481 e. The molecule has 7 rings (SSSR count). The predicted octanol–water partition coefficient (Wildman–Crippen LogP) is 5.20. The third-order valence-electron chi connectivity index (χ3n) is 8.30. The number of aromatic nitrogens is 6. The number of fused-ring (bicyclic) bond motifs is 1. The van der Waals surface area contributed by atoms with E-state index in [0.717, 1.165) is 72.7 Å². The van der Waals surface area contributed by atoms with Crippen LogP contribution in [0, 0.1) is 11.3 Å². The number of carboxylic acids is 1. The molecule has 13 heteroatoms. The maximum Gasteiger partial charge on any atom is 0.320 e. The Kier molecular flexibility index (Phi) is 6.93. The molecular weight excluding hydrogens is 566 g/mol. The second kappa shape index (κ2) is 11.1. The van der Waals surface area contributed by atoms with Gasteiger partial charge in [0.05, 0.1) is 17.6 Å². The van der Waals surface area contributed by atoms with Gasteiger partial charge in [-0.15, -0.1) is 15.3 Å². The van der Waals surface area contributed by atoms with Crippen LogP contribution in [0.25, 0.3) is 16.7 Å². The molecule has 1 spiro atoms. The van der Waals surface area contributed by atoms with E-state index in [1.807, 2.05) is 60.7 Å². The van der Waals surface area contributed by atoms with Gasteiger partial charge in [0.25, 0.3) is 5.89 Å². The van der Waals surface area contributed by atoms with Gasteiger partial charge in [0.2, 0.25) is 0 Å². The molecule has 1 aliphatic carbocycles. The first-order valence-electron chi connectivity index (χ1n) is 14.2. The minimum atomic E-state index is -0.689. The number of carboxylic acid groups (broad SMARTS) is 1. The van der Waals surface area contributed by atoms with E-state index in [4.69, 9.17) is 21.7 Å². The molecule has 0 amide bonds. The lowest BCUT2D eigenvalue weighted by atomic mass is 9.57. The van der Waals surface area contributed by atoms with E-state index in [1.54, 1.807) is 11.0 Å². The van der Waals surface area contributed by atoms with Crippen molar-refractivity contribution in [2.24, 2.45) is 11.3 Å². The number of nitrogens with zero attached hydrogens (tertiary/aromatic N) is 7. The van der Waals surface area contributed by atoms with Gasteiger partial charge in [0, 0.05) is 25.2 Å². The SMILES string of the molecule is O=C(O)CC1CC2(CCN(c3ccc(NC(=S)c4nnc(Nc5ccc6nn(-c7ccccc7)nc6c5)o4)cn3)CC2)C1. The van der Waals surface area contributed by atoms with Gasteiger partial charge < -0.3 is 25.1 Å². The van der Waals surface area contributed by atoms with Crippen molar-refractivity contribution in [1.29, 1.82) is 0 Å². The zero-order valence-corrected chi connectivity index (χ0v) is 24.0. The Morgan fingerprint density at radius 2 is 1.77 bits per heavy atom. The largest absolute Gasteiger partial charge is 0.481 e. The molecule has 0 unspecified atom stereocenters. The van der Waals surface area contributed by atoms with E-state index in [-0.39, 0.29) is 16.9 Å². The number of carbonyl (C=O) groups is 1. The number of para-hydroxylation sites is 1. The number of hydrogen-bond donors (Lipinski definition) is 3. The molecule has 0 atom stereocenters. The third-order valence-corrected chi connectivity index (χ3v) is 8.58. The Morgan fingerprint density at radius 3 is 2.51 bits per heavy atom. The fraction of sp³-hybridized carbons (Fsp3) is 0.300. The molecule has 1 saturated carbocycles. The number of nitrogens with one attached hydrogen (secondary N) is 2. The first kappa shape index (κ1) is 27.0. The molecule has 5 aromatic rings. The Hall–Kier alpha value is -4.91. The highest BCUT2D eigenvalue weighted by molar-refractivity contribution is 7.81. The zero-order chi connectivity index (χ0) is 29.4. The van der Waals surface area contributed by atoms with Crippen LogP contribution in [0.2, 0.25) is 0 Å². The molecule has 2 fully saturated rings. The van der Waals surface area contributed by atoms with Gasteiger partial charge >= 0.3 is 12.0 Å². The Morgan fingerprint density at radius 1 is 1.00 bits per heavy atom. The number of thiocarbonyl (C=S) groups is 1. The predicted molar refractivity (Wildman–Crippen MR) is 165 cm³/mol. The molecule has 4 heterocycles. The summed E-state index contributed by atoms with van der Waals surface area (Å²) in [5.41, 5.74) is 4.12. The van der Waals surface area contributed by atoms with Crippen LogP contribution in [0.1, 0.15) is 38.0 Å². The summed E-state index contributed by atoms with van der Waals surface area (Å²) < 4.78 is 5.75. The molecule has 0 bridgehead atoms. The van der Waals surface area contributed by atoms with Crippen molar-refractivity contribution in [3.63, 3.8) is 0 Å². The number of pyridine rings is 1. The van der Waals surface area contributed by atoms with Gasteiger partial charge in [-0.1, -0.05) is 35.5 Å². The van der Waals surface area contributed by atoms with Gasteiger partial charge in [0.1, 0.15) is 16.9 Å². The van der Waals surface area contributed by atoms with Crippen molar-refractivity contribution in [3.05, 3.63) is 72.8 Å². The lowest BCUT2D eigenvalue weighted by molar-refractivity contribution is -0.140. The van der Waals surface area contributed by atoms with Crippen molar-refractivity contribution in [2.75, 3.05) is 28.6 Å². The summed E-state index contributed by atoms with van der Waals surface area (Å²) in [5, 5.41) is 32.5. The first-order chi connectivity index (χ1) is 20.9. The summed E-state index contributed by atoms with van der Waals surface area (Å²) in [6.45, 7) is 1.85. The normalized spacial score (nSPS) is 16.2. The quantitative estimate of drug-likeness (QED) is 0.203. The van der Waals surface area contributed by atoms with Gasteiger partial charge in [0.15, 0.2) is 4.99 Å². The highest BCUT2D eigenvalue weighted by Crippen LogP contribution is 2.53. The number of benzene rings is 2. The Balaban J connectivity index is 0.931. The highest BCUT2D eigenvalue weighted by atomic mass is 32.1. The molecule has 1 aliphatic heterocycles. The summed E-state index contributed by atoms with van der Waals surface area (Å²) in [6, 6.07) is 19.4. The summed E-state index contributed by atoms with van der Waals surface area (Å²) in [7, 11) is 0. The van der Waals surface area contributed by atoms with E-state index >= 15 is 0 Å². The maximum absolute atomic E-state index is 11.0. The van der Waals surface area contributed by atoms with Crippen LogP contribution < -0.4 is 15.5 Å². The molecule has 2 aliphatic rings. The van der Waals surface area contributed by atoms with E-state index in [0.29, 0.717) is 17.8 Å². The van der Waals surface area contributed by atoms with Crippen LogP contribution in [-0.2, 0) is 4.79 Å². The second-order valence-electron chi connectivity index (χ2n) is 11.3. The Labute approximate surface area is 252 Å². The van der Waals surface area contributed by atoms with Crippen LogP contribution >= 0.6 is 12.2 Å². The van der Waals surface area contributed by atoms with Crippen LogP contribution in [0.15, 0.2) is 71.3 Å². The molecular formula is C30H29N9O3S. The standard InChI is InChI=1S/C30H29N9O3S/c40-26(41)14-19-16-30(17-19)10-12-38(13-11-30)25-9-7-21(18-31-25)32-28(43)27-34-35-29(42-27)33-20-6-8-23-24(15-20)37-39(36-23)22-4-2-1-3-5-22/h1-9,15,18-19H,10-14,16-17H2,(H,32,43)(H,33,35)(H,40,41). The zero-order valence-electron chi connectivity index (χ0n) is 23.2. The van der Waals surface area contributed by atoms with E-state index in [2.05, 4.69) is 40.9 Å². The maximum atomic E-state index is 11.0. The van der Waals surface area contributed by atoms with Crippen molar-refractivity contribution in [2.45, 2.75) is 32.1 Å². The van der Waals surface area contributed by atoms with Crippen molar-refractivity contribution >= 4 is 57.4 Å². The summed E-state index contributed by atoms with van der Waals surface area (Å²) in [6.07, 6.45) is 6.24. The number of aliphatic carboxylic acids is 1. The van der Waals surface area contributed by atoms with E-state index in [1.165, 1.54) is 0 Å². The molecule has 3 N–H and O–H groups in total. The lowest BCUT2D eigenvalue weighted by Gasteiger charge is -2.52. The topological polar surface area (TPSA) is 147 Å². The molecule has 12 nitrogen and oxygen atoms in total. The fourth-order valence-electron chi connectivity index (χ4n) is 6.16. The Bertz CT molecular complexity index is 1770. The third kappa shape index (κ3) is 5.75. The summed E-state index contributed by atoms with van der Waals surface area (Å²) >= 11 is 5.50. The number of piperidine rings is 1. The smallest absolute Gasteiger partial charge is 0.320 e. The number of hydrogen-bond acceptors (Lipinski definition) is 10. The first-order valence-corrected chi connectivity index (χ1v) is 14.6. The van der Waals surface area contributed by atoms with E-state index < -0.39 is 5.97 Å². The summed E-state index contributed by atoms with van der Waals surface area (Å²) in [5.74, 6) is 0.740. The molecule has 0 radical (unpaired) electrons. The molecule has 3 aromatic heterocycles. The average Bonchev–Trinajstić information content (AvgIpc) is 3.65. The van der Waals surface area contributed by atoms with E-state index in [9.17, 15) is 4.79 Å². The van der Waals surface area contributed by atoms with Gasteiger partial charge in [-0.2, -0.15) is 4.80 Å².